The summed E-state index contributed by atoms with van der Waals surface area (Å²) in [6.45, 7) is 4.10. The number of hydrogen-bond acceptors (Lipinski definition) is 3. The van der Waals surface area contributed by atoms with Crippen LogP contribution >= 0.6 is 0 Å². The van der Waals surface area contributed by atoms with Crippen LogP contribution in [0, 0.1) is 19.8 Å². The van der Waals surface area contributed by atoms with Gasteiger partial charge in [0.2, 0.25) is 0 Å². The molecular weight excluding hydrogens is 238 g/mol. The first-order chi connectivity index (χ1) is 9.02. The predicted octanol–water partition coefficient (Wildman–Crippen LogP) is 3.07. The maximum atomic E-state index is 11.3. The van der Waals surface area contributed by atoms with Crippen molar-refractivity contribution < 1.29 is 9.53 Å². The number of ether oxygens (including phenoxy) is 1. The second-order valence-electron chi connectivity index (χ2n) is 5.59. The van der Waals surface area contributed by atoms with Gasteiger partial charge in [0.15, 0.2) is 0 Å². The van der Waals surface area contributed by atoms with Crippen LogP contribution in [0.1, 0.15) is 48.4 Å². The van der Waals surface area contributed by atoms with Gasteiger partial charge in [-0.2, -0.15) is 0 Å². The van der Waals surface area contributed by atoms with Gasteiger partial charge in [-0.3, -0.25) is 4.79 Å². The van der Waals surface area contributed by atoms with Crippen molar-refractivity contribution in [3.8, 4) is 5.75 Å². The van der Waals surface area contributed by atoms with Crippen molar-refractivity contribution in [3.63, 3.8) is 0 Å². The first-order valence-corrected chi connectivity index (χ1v) is 6.95. The lowest BCUT2D eigenvalue weighted by atomic mass is 9.80. The van der Waals surface area contributed by atoms with E-state index in [1.54, 1.807) is 7.11 Å². The maximum Gasteiger partial charge on any atom is 0.132 e. The van der Waals surface area contributed by atoms with Crippen molar-refractivity contribution in [2.75, 3.05) is 7.11 Å². The molecule has 0 aliphatic heterocycles. The van der Waals surface area contributed by atoms with Crippen molar-refractivity contribution in [1.82, 2.24) is 0 Å². The molecule has 0 amide bonds. The number of nitrogens with two attached hydrogens (primary N) is 1. The van der Waals surface area contributed by atoms with Gasteiger partial charge in [-0.25, -0.2) is 0 Å². The Morgan fingerprint density at radius 2 is 1.74 bits per heavy atom. The normalized spacial score (nSPS) is 18.4. The molecule has 104 valence electrons. The molecule has 3 heteroatoms. The van der Waals surface area contributed by atoms with Crippen LogP contribution in [0.2, 0.25) is 0 Å². The van der Waals surface area contributed by atoms with Crippen LogP contribution in [-0.2, 0) is 4.79 Å². The van der Waals surface area contributed by atoms with E-state index in [1.165, 1.54) is 0 Å². The number of Topliss-reactive ketones (excluding diaryl/α,β-unsaturated/α-hetero) is 1. The van der Waals surface area contributed by atoms with Crippen LogP contribution in [0.5, 0.6) is 5.75 Å². The Hall–Kier alpha value is -1.35. The average Bonchev–Trinajstić information content (AvgIpc) is 2.38. The second kappa shape index (κ2) is 5.74. The molecule has 0 aromatic heterocycles. The topological polar surface area (TPSA) is 52.3 Å². The number of carbonyl (C=O) groups excluding carboxylic acids is 1. The molecular formula is C16H23NO2. The van der Waals surface area contributed by atoms with Gasteiger partial charge >= 0.3 is 0 Å². The smallest absolute Gasteiger partial charge is 0.132 e. The molecule has 1 atom stereocenters. The summed E-state index contributed by atoms with van der Waals surface area (Å²) in [6, 6.07) is 4.26. The summed E-state index contributed by atoms with van der Waals surface area (Å²) in [5.41, 5.74) is 9.80. The van der Waals surface area contributed by atoms with E-state index in [-0.39, 0.29) is 6.04 Å². The Balaban J connectivity index is 2.19. The molecule has 1 aliphatic carbocycles. The van der Waals surface area contributed by atoms with Crippen LogP contribution in [0.25, 0.3) is 0 Å². The van der Waals surface area contributed by atoms with E-state index in [4.69, 9.17) is 10.5 Å². The van der Waals surface area contributed by atoms with Gasteiger partial charge in [0.25, 0.3) is 0 Å². The fourth-order valence-electron chi connectivity index (χ4n) is 3.09. The average molecular weight is 261 g/mol. The van der Waals surface area contributed by atoms with Gasteiger partial charge in [-0.1, -0.05) is 12.1 Å². The molecule has 1 fully saturated rings. The molecule has 3 nitrogen and oxygen atoms in total. The molecule has 2 N–H and O–H groups in total. The van der Waals surface area contributed by atoms with E-state index < -0.39 is 0 Å². The number of hydrogen-bond donors (Lipinski definition) is 1. The van der Waals surface area contributed by atoms with Crippen LogP contribution in [0.15, 0.2) is 12.1 Å². The van der Waals surface area contributed by atoms with Gasteiger partial charge in [-0.15, -0.1) is 0 Å². The largest absolute Gasteiger partial charge is 0.496 e. The highest BCUT2D eigenvalue weighted by Crippen LogP contribution is 2.34. The van der Waals surface area contributed by atoms with Gasteiger partial charge in [-0.05, 0) is 49.3 Å². The molecule has 19 heavy (non-hydrogen) atoms. The van der Waals surface area contributed by atoms with Gasteiger partial charge in [0, 0.05) is 18.9 Å². The zero-order chi connectivity index (χ0) is 14.0. The van der Waals surface area contributed by atoms with Crippen LogP contribution < -0.4 is 10.5 Å². The Labute approximate surface area is 115 Å². The van der Waals surface area contributed by atoms with Crippen LogP contribution in [0.4, 0.5) is 0 Å². The van der Waals surface area contributed by atoms with E-state index >= 15 is 0 Å². The Kier molecular flexibility index (Phi) is 4.25. The SMILES string of the molecule is COc1c(C)cc(C(N)C2CCC(=O)CC2)cc1C. The quantitative estimate of drug-likeness (QED) is 0.909. The second-order valence-corrected chi connectivity index (χ2v) is 5.59. The molecule has 1 aromatic rings. The summed E-state index contributed by atoms with van der Waals surface area (Å²) in [4.78, 5) is 11.3. The van der Waals surface area contributed by atoms with Gasteiger partial charge in [0.05, 0.1) is 7.11 Å². The van der Waals surface area contributed by atoms with Crippen molar-refractivity contribution in [2.45, 2.75) is 45.6 Å². The number of carbonyl (C=O) groups is 1. The minimum Gasteiger partial charge on any atom is -0.496 e. The molecule has 0 saturated heterocycles. The zero-order valence-corrected chi connectivity index (χ0v) is 12.0. The Morgan fingerprint density at radius 3 is 2.21 bits per heavy atom. The third-order valence-electron chi connectivity index (χ3n) is 4.17. The monoisotopic (exact) mass is 261 g/mol. The fraction of sp³-hybridized carbons (Fsp3) is 0.562. The maximum absolute atomic E-state index is 11.3. The van der Waals surface area contributed by atoms with Crippen molar-refractivity contribution >= 4 is 5.78 Å². The van der Waals surface area contributed by atoms with E-state index in [0.29, 0.717) is 24.5 Å². The lowest BCUT2D eigenvalue weighted by molar-refractivity contribution is -0.121. The third-order valence-corrected chi connectivity index (χ3v) is 4.17. The molecule has 1 unspecified atom stereocenters. The highest BCUT2D eigenvalue weighted by Gasteiger charge is 2.25. The van der Waals surface area contributed by atoms with Crippen LogP contribution in [-0.4, -0.2) is 12.9 Å². The lowest BCUT2D eigenvalue weighted by Gasteiger charge is -2.28. The van der Waals surface area contributed by atoms with Crippen molar-refractivity contribution in [3.05, 3.63) is 28.8 Å². The molecule has 0 bridgehead atoms. The minimum absolute atomic E-state index is 0.0245. The standard InChI is InChI=1S/C16H23NO2/c1-10-8-13(9-11(2)16(10)19-3)15(17)12-4-6-14(18)7-5-12/h8-9,12,15H,4-7,17H2,1-3H3. The number of ketones is 1. The summed E-state index contributed by atoms with van der Waals surface area (Å²) in [6.07, 6.45) is 3.22. The number of aryl methyl sites for hydroxylation is 2. The summed E-state index contributed by atoms with van der Waals surface area (Å²) >= 11 is 0. The molecule has 0 radical (unpaired) electrons. The first kappa shape index (κ1) is 14.1. The summed E-state index contributed by atoms with van der Waals surface area (Å²) in [7, 11) is 1.70. The fourth-order valence-corrected chi connectivity index (χ4v) is 3.09. The van der Waals surface area contributed by atoms with Gasteiger partial charge < -0.3 is 10.5 Å². The summed E-state index contributed by atoms with van der Waals surface area (Å²) < 4.78 is 5.38. The number of rotatable bonds is 3. The van der Waals surface area contributed by atoms with E-state index in [2.05, 4.69) is 12.1 Å². The third kappa shape index (κ3) is 2.98. The lowest BCUT2D eigenvalue weighted by Crippen LogP contribution is -2.26. The van der Waals surface area contributed by atoms with E-state index in [0.717, 1.165) is 35.3 Å². The van der Waals surface area contributed by atoms with E-state index in [9.17, 15) is 4.79 Å². The summed E-state index contributed by atoms with van der Waals surface area (Å²) in [5.74, 6) is 1.74. The van der Waals surface area contributed by atoms with Crippen LogP contribution in [0.3, 0.4) is 0 Å². The highest BCUT2D eigenvalue weighted by molar-refractivity contribution is 5.79. The van der Waals surface area contributed by atoms with Crippen molar-refractivity contribution in [1.29, 1.82) is 0 Å². The number of benzene rings is 1. The van der Waals surface area contributed by atoms with Gasteiger partial charge in [0.1, 0.15) is 11.5 Å². The molecule has 2 rings (SSSR count). The van der Waals surface area contributed by atoms with Crippen molar-refractivity contribution in [2.24, 2.45) is 11.7 Å². The molecule has 0 spiro atoms. The molecule has 1 saturated carbocycles. The molecule has 1 aliphatic rings. The highest BCUT2D eigenvalue weighted by atomic mass is 16.5. The summed E-state index contributed by atoms with van der Waals surface area (Å²) in [5, 5.41) is 0. The van der Waals surface area contributed by atoms with E-state index in [1.807, 2.05) is 13.8 Å². The first-order valence-electron chi connectivity index (χ1n) is 6.95. The molecule has 1 aromatic carbocycles. The molecule has 0 heterocycles. The number of methoxy groups -OCH3 is 1. The zero-order valence-electron chi connectivity index (χ0n) is 12.0. The minimum atomic E-state index is 0.0245. The Bertz CT molecular complexity index is 449. The Morgan fingerprint density at radius 1 is 1.21 bits per heavy atom. The predicted molar refractivity (Wildman–Crippen MR) is 76.4 cm³/mol.